The Bertz CT molecular complexity index is 1140. The highest BCUT2D eigenvalue weighted by Gasteiger charge is 2.14. The van der Waals surface area contributed by atoms with Gasteiger partial charge in [0.2, 0.25) is 0 Å². The summed E-state index contributed by atoms with van der Waals surface area (Å²) in [5.41, 5.74) is 2.16. The summed E-state index contributed by atoms with van der Waals surface area (Å²) < 4.78 is 26.3. The van der Waals surface area contributed by atoms with Crippen molar-refractivity contribution in [3.8, 4) is 17.2 Å². The fourth-order valence-electron chi connectivity index (χ4n) is 3.09. The van der Waals surface area contributed by atoms with Crippen molar-refractivity contribution in [2.75, 3.05) is 18.5 Å². The third kappa shape index (κ3) is 2.98. The van der Waals surface area contributed by atoms with E-state index in [-0.39, 0.29) is 5.82 Å². The second kappa shape index (κ2) is 6.80. The van der Waals surface area contributed by atoms with Crippen LogP contribution >= 0.6 is 0 Å². The number of anilines is 2. The van der Waals surface area contributed by atoms with Crippen LogP contribution in [0.1, 0.15) is 6.42 Å². The number of benzene rings is 2. The Morgan fingerprint density at radius 3 is 2.64 bits per heavy atom. The van der Waals surface area contributed by atoms with Gasteiger partial charge in [-0.2, -0.15) is 5.10 Å². The van der Waals surface area contributed by atoms with Crippen molar-refractivity contribution < 1.29 is 13.9 Å². The molecule has 2 aromatic carbocycles. The van der Waals surface area contributed by atoms with Crippen molar-refractivity contribution in [2.45, 2.75) is 6.42 Å². The largest absolute Gasteiger partial charge is 0.490 e. The van der Waals surface area contributed by atoms with Gasteiger partial charge in [-0.05, 0) is 36.4 Å². The predicted molar refractivity (Wildman–Crippen MR) is 102 cm³/mol. The van der Waals surface area contributed by atoms with Gasteiger partial charge in [0.25, 0.3) is 0 Å². The summed E-state index contributed by atoms with van der Waals surface area (Å²) in [5.74, 6) is 1.76. The van der Waals surface area contributed by atoms with Gasteiger partial charge < -0.3 is 14.8 Å². The van der Waals surface area contributed by atoms with Crippen LogP contribution < -0.4 is 14.8 Å². The van der Waals surface area contributed by atoms with Crippen LogP contribution in [0.4, 0.5) is 15.9 Å². The molecule has 0 unspecified atom stereocenters. The minimum Gasteiger partial charge on any atom is -0.490 e. The van der Waals surface area contributed by atoms with Gasteiger partial charge in [0.15, 0.2) is 17.1 Å². The summed E-state index contributed by atoms with van der Waals surface area (Å²) in [6.07, 6.45) is 4.01. The Labute approximate surface area is 159 Å². The van der Waals surface area contributed by atoms with Gasteiger partial charge >= 0.3 is 0 Å². The second-order valence-corrected chi connectivity index (χ2v) is 6.33. The first-order valence-electron chi connectivity index (χ1n) is 8.89. The Kier molecular flexibility index (Phi) is 4.01. The molecule has 0 amide bonds. The van der Waals surface area contributed by atoms with E-state index < -0.39 is 0 Å². The molecule has 0 radical (unpaired) electrons. The molecular weight excluding hydrogens is 361 g/mol. The Morgan fingerprint density at radius 1 is 0.964 bits per heavy atom. The van der Waals surface area contributed by atoms with Crippen LogP contribution in [0, 0.1) is 5.82 Å². The van der Waals surface area contributed by atoms with Gasteiger partial charge in [0.1, 0.15) is 18.0 Å². The molecule has 8 heteroatoms. The zero-order valence-corrected chi connectivity index (χ0v) is 14.8. The van der Waals surface area contributed by atoms with Crippen molar-refractivity contribution in [1.29, 1.82) is 0 Å². The molecule has 1 aliphatic heterocycles. The number of nitrogens with zero attached hydrogens (tertiary/aromatic N) is 4. The SMILES string of the molecule is Fc1ccc(-n2ncc3c(Nc4ccc5c(c4)OCCCO5)ncnc32)cc1. The molecule has 5 rings (SSSR count). The summed E-state index contributed by atoms with van der Waals surface area (Å²) >= 11 is 0. The third-order valence-electron chi connectivity index (χ3n) is 4.45. The van der Waals surface area contributed by atoms with E-state index in [4.69, 9.17) is 9.47 Å². The first-order valence-corrected chi connectivity index (χ1v) is 8.89. The molecule has 0 fully saturated rings. The average molecular weight is 377 g/mol. The smallest absolute Gasteiger partial charge is 0.168 e. The monoisotopic (exact) mass is 377 g/mol. The molecule has 2 aromatic heterocycles. The standard InChI is InChI=1S/C20H16FN5O2/c21-13-2-5-15(6-3-13)26-20-16(11-24-26)19(22-12-23-20)25-14-4-7-17-18(10-14)28-9-1-8-27-17/h2-7,10-12H,1,8-9H2,(H,22,23,25). The highest BCUT2D eigenvalue weighted by atomic mass is 19.1. The van der Waals surface area contributed by atoms with E-state index in [1.807, 2.05) is 18.2 Å². The van der Waals surface area contributed by atoms with Gasteiger partial charge in [-0.25, -0.2) is 19.0 Å². The highest BCUT2D eigenvalue weighted by Crippen LogP contribution is 2.34. The van der Waals surface area contributed by atoms with Gasteiger partial charge in [-0.15, -0.1) is 0 Å². The molecule has 4 aromatic rings. The lowest BCUT2D eigenvalue weighted by molar-refractivity contribution is 0.297. The average Bonchev–Trinajstić information content (AvgIpc) is 3.01. The lowest BCUT2D eigenvalue weighted by Crippen LogP contribution is -2.00. The molecule has 0 atom stereocenters. The van der Waals surface area contributed by atoms with E-state index in [1.165, 1.54) is 18.5 Å². The van der Waals surface area contributed by atoms with Gasteiger partial charge in [-0.3, -0.25) is 0 Å². The van der Waals surface area contributed by atoms with Crippen LogP contribution in [0.3, 0.4) is 0 Å². The number of hydrogen-bond acceptors (Lipinski definition) is 6. The first-order chi connectivity index (χ1) is 13.8. The number of rotatable bonds is 3. The maximum atomic E-state index is 13.2. The van der Waals surface area contributed by atoms with Crippen molar-refractivity contribution in [2.24, 2.45) is 0 Å². The van der Waals surface area contributed by atoms with Crippen LogP contribution in [0.2, 0.25) is 0 Å². The van der Waals surface area contributed by atoms with Crippen molar-refractivity contribution in [3.63, 3.8) is 0 Å². The normalized spacial score (nSPS) is 13.3. The van der Waals surface area contributed by atoms with E-state index in [9.17, 15) is 4.39 Å². The molecule has 0 aliphatic carbocycles. The first kappa shape index (κ1) is 16.5. The van der Waals surface area contributed by atoms with Gasteiger partial charge in [0.05, 0.1) is 30.5 Å². The van der Waals surface area contributed by atoms with Crippen LogP contribution in [-0.2, 0) is 0 Å². The Balaban J connectivity index is 1.50. The molecule has 7 nitrogen and oxygen atoms in total. The number of nitrogens with one attached hydrogen (secondary N) is 1. The summed E-state index contributed by atoms with van der Waals surface area (Å²) in [6.45, 7) is 1.27. The minimum atomic E-state index is -0.299. The van der Waals surface area contributed by atoms with Gasteiger partial charge in [0, 0.05) is 18.2 Å². The molecule has 0 saturated heterocycles. The molecule has 3 heterocycles. The fraction of sp³-hybridized carbons (Fsp3) is 0.150. The fourth-order valence-corrected chi connectivity index (χ4v) is 3.09. The predicted octanol–water partition coefficient (Wildman–Crippen LogP) is 3.86. The maximum Gasteiger partial charge on any atom is 0.168 e. The molecule has 0 spiro atoms. The molecule has 1 aliphatic rings. The Hall–Kier alpha value is -3.68. The third-order valence-corrected chi connectivity index (χ3v) is 4.45. The van der Waals surface area contributed by atoms with Gasteiger partial charge in [-0.1, -0.05) is 0 Å². The van der Waals surface area contributed by atoms with Crippen LogP contribution in [-0.4, -0.2) is 33.0 Å². The maximum absolute atomic E-state index is 13.2. The van der Waals surface area contributed by atoms with E-state index in [0.717, 1.165) is 28.9 Å². The molecule has 140 valence electrons. The molecule has 0 bridgehead atoms. The minimum absolute atomic E-state index is 0.299. The lowest BCUT2D eigenvalue weighted by Gasteiger charge is -2.11. The number of hydrogen-bond donors (Lipinski definition) is 1. The number of halogens is 1. The molecule has 28 heavy (non-hydrogen) atoms. The van der Waals surface area contributed by atoms with Crippen molar-refractivity contribution in [1.82, 2.24) is 19.7 Å². The van der Waals surface area contributed by atoms with Crippen molar-refractivity contribution >= 4 is 22.5 Å². The van der Waals surface area contributed by atoms with Crippen LogP contribution in [0.5, 0.6) is 11.5 Å². The number of fused-ring (bicyclic) bond motifs is 2. The van der Waals surface area contributed by atoms with E-state index in [0.29, 0.717) is 30.4 Å². The van der Waals surface area contributed by atoms with E-state index in [2.05, 4.69) is 20.4 Å². The Morgan fingerprint density at radius 2 is 1.79 bits per heavy atom. The molecule has 1 N–H and O–H groups in total. The lowest BCUT2D eigenvalue weighted by atomic mass is 10.2. The van der Waals surface area contributed by atoms with Crippen molar-refractivity contribution in [3.05, 3.63) is 60.8 Å². The summed E-state index contributed by atoms with van der Waals surface area (Å²) in [7, 11) is 0. The topological polar surface area (TPSA) is 74.1 Å². The van der Waals surface area contributed by atoms with Crippen LogP contribution in [0.25, 0.3) is 16.7 Å². The number of ether oxygens (including phenoxy) is 2. The molecular formula is C20H16FN5O2. The van der Waals surface area contributed by atoms with Crippen LogP contribution in [0.15, 0.2) is 55.0 Å². The zero-order valence-electron chi connectivity index (χ0n) is 14.8. The van der Waals surface area contributed by atoms with E-state index >= 15 is 0 Å². The zero-order chi connectivity index (χ0) is 18.9. The van der Waals surface area contributed by atoms with E-state index in [1.54, 1.807) is 23.0 Å². The summed E-state index contributed by atoms with van der Waals surface area (Å²) in [4.78, 5) is 8.68. The quantitative estimate of drug-likeness (QED) is 0.584. The highest BCUT2D eigenvalue weighted by molar-refractivity contribution is 5.89. The summed E-state index contributed by atoms with van der Waals surface area (Å²) in [6, 6.07) is 11.8. The second-order valence-electron chi connectivity index (χ2n) is 6.33. The number of aromatic nitrogens is 4. The summed E-state index contributed by atoms with van der Waals surface area (Å²) in [5, 5.41) is 8.43. The molecule has 0 saturated carbocycles.